The molecule has 3 heterocycles. The highest BCUT2D eigenvalue weighted by molar-refractivity contribution is 9.10. The van der Waals surface area contributed by atoms with E-state index in [1.54, 1.807) is 0 Å². The summed E-state index contributed by atoms with van der Waals surface area (Å²) in [5.74, 6) is 0.652. The third-order valence-corrected chi connectivity index (χ3v) is 6.97. The van der Waals surface area contributed by atoms with Gasteiger partial charge in [0, 0.05) is 28.0 Å². The molecule has 0 unspecified atom stereocenters. The Hall–Kier alpha value is -1.99. The topological polar surface area (TPSA) is 55.2 Å². The van der Waals surface area contributed by atoms with E-state index in [1.165, 1.54) is 22.2 Å². The number of thiophene rings is 1. The molecule has 1 saturated heterocycles. The number of nitrogens with zero attached hydrogens (tertiary/aromatic N) is 3. The van der Waals surface area contributed by atoms with Crippen molar-refractivity contribution in [2.24, 2.45) is 5.92 Å². The van der Waals surface area contributed by atoms with Crippen LogP contribution in [0.15, 0.2) is 39.9 Å². The van der Waals surface area contributed by atoms with Crippen molar-refractivity contribution in [2.45, 2.75) is 33.2 Å². The van der Waals surface area contributed by atoms with Crippen LogP contribution in [-0.4, -0.2) is 33.4 Å². The SMILES string of the molecule is Cc1sc2ncn(CC(=O)N3CCC(C)CC3)c(=O)c2c1-c1ccc(Br)cc1. The number of carbonyl (C=O) groups excluding carboxylic acids is 1. The van der Waals surface area contributed by atoms with Crippen LogP contribution in [0, 0.1) is 12.8 Å². The van der Waals surface area contributed by atoms with E-state index in [-0.39, 0.29) is 18.0 Å². The number of fused-ring (bicyclic) bond motifs is 1. The normalized spacial score (nSPS) is 15.3. The summed E-state index contributed by atoms with van der Waals surface area (Å²) in [6, 6.07) is 7.92. The maximum atomic E-state index is 13.2. The third kappa shape index (κ3) is 3.65. The van der Waals surface area contributed by atoms with Gasteiger partial charge in [-0.1, -0.05) is 35.0 Å². The molecule has 0 bridgehead atoms. The van der Waals surface area contributed by atoms with Crippen LogP contribution in [0.25, 0.3) is 21.3 Å². The van der Waals surface area contributed by atoms with E-state index in [0.717, 1.165) is 51.2 Å². The van der Waals surface area contributed by atoms with Crippen molar-refractivity contribution < 1.29 is 4.79 Å². The Labute approximate surface area is 176 Å². The van der Waals surface area contributed by atoms with Crippen LogP contribution >= 0.6 is 27.3 Å². The summed E-state index contributed by atoms with van der Waals surface area (Å²) in [6.07, 6.45) is 3.56. The number of benzene rings is 1. The molecule has 3 aromatic rings. The smallest absolute Gasteiger partial charge is 0.263 e. The van der Waals surface area contributed by atoms with E-state index in [4.69, 9.17) is 0 Å². The number of piperidine rings is 1. The van der Waals surface area contributed by atoms with Gasteiger partial charge >= 0.3 is 0 Å². The molecule has 1 aromatic carbocycles. The minimum absolute atomic E-state index is 0.00714. The molecular weight excluding hydrogens is 438 g/mol. The highest BCUT2D eigenvalue weighted by Gasteiger charge is 2.22. The molecule has 5 nitrogen and oxygen atoms in total. The fraction of sp³-hybridized carbons (Fsp3) is 0.381. The summed E-state index contributed by atoms with van der Waals surface area (Å²) in [6.45, 7) is 5.81. The lowest BCUT2D eigenvalue weighted by molar-refractivity contribution is -0.133. The van der Waals surface area contributed by atoms with Crippen LogP contribution in [0.1, 0.15) is 24.6 Å². The Bertz CT molecular complexity index is 1080. The molecule has 2 aromatic heterocycles. The number of rotatable bonds is 3. The average molecular weight is 460 g/mol. The molecule has 0 atom stereocenters. The van der Waals surface area contributed by atoms with Crippen molar-refractivity contribution in [2.75, 3.05) is 13.1 Å². The Morgan fingerprint density at radius 3 is 2.61 bits per heavy atom. The first-order valence-electron chi connectivity index (χ1n) is 9.46. The van der Waals surface area contributed by atoms with Gasteiger partial charge in [0.15, 0.2) is 0 Å². The molecule has 0 spiro atoms. The highest BCUT2D eigenvalue weighted by Crippen LogP contribution is 2.35. The van der Waals surface area contributed by atoms with E-state index in [0.29, 0.717) is 11.3 Å². The van der Waals surface area contributed by atoms with Gasteiger partial charge in [-0.05, 0) is 43.4 Å². The first kappa shape index (κ1) is 19.3. The van der Waals surface area contributed by atoms with Crippen LogP contribution in [0.2, 0.25) is 0 Å². The van der Waals surface area contributed by atoms with Crippen LogP contribution < -0.4 is 5.56 Å². The largest absolute Gasteiger partial charge is 0.341 e. The monoisotopic (exact) mass is 459 g/mol. The van der Waals surface area contributed by atoms with E-state index in [2.05, 4.69) is 27.8 Å². The molecule has 1 aliphatic heterocycles. The summed E-state index contributed by atoms with van der Waals surface area (Å²) in [5.41, 5.74) is 1.75. The second kappa shape index (κ2) is 7.79. The number of amides is 1. The Balaban J connectivity index is 1.70. The summed E-state index contributed by atoms with van der Waals surface area (Å²) in [5, 5.41) is 0.604. The first-order valence-corrected chi connectivity index (χ1v) is 11.1. The molecule has 7 heteroatoms. The third-order valence-electron chi connectivity index (χ3n) is 5.43. The average Bonchev–Trinajstić information content (AvgIpc) is 3.02. The maximum absolute atomic E-state index is 13.2. The molecular formula is C21H22BrN3O2S. The lowest BCUT2D eigenvalue weighted by Crippen LogP contribution is -2.41. The molecule has 1 fully saturated rings. The number of halogens is 1. The minimum Gasteiger partial charge on any atom is -0.341 e. The second-order valence-corrected chi connectivity index (χ2v) is 9.58. The van der Waals surface area contributed by atoms with Gasteiger partial charge in [0.2, 0.25) is 5.91 Å². The first-order chi connectivity index (χ1) is 13.4. The van der Waals surface area contributed by atoms with E-state index in [1.807, 2.05) is 36.1 Å². The van der Waals surface area contributed by atoms with E-state index in [9.17, 15) is 9.59 Å². The predicted molar refractivity (Wildman–Crippen MR) is 117 cm³/mol. The predicted octanol–water partition coefficient (Wildman–Crippen LogP) is 4.45. The van der Waals surface area contributed by atoms with Crippen molar-refractivity contribution in [3.63, 3.8) is 0 Å². The van der Waals surface area contributed by atoms with Gasteiger partial charge in [-0.2, -0.15) is 0 Å². The number of hydrogen-bond donors (Lipinski definition) is 0. The number of aryl methyl sites for hydroxylation is 1. The molecule has 1 amide bonds. The molecule has 0 radical (unpaired) electrons. The van der Waals surface area contributed by atoms with E-state index >= 15 is 0 Å². The molecule has 146 valence electrons. The van der Waals surface area contributed by atoms with Crippen LogP contribution in [0.3, 0.4) is 0 Å². The minimum atomic E-state index is -0.147. The molecule has 4 rings (SSSR count). The summed E-state index contributed by atoms with van der Waals surface area (Å²) in [7, 11) is 0. The standard InChI is InChI=1S/C21H22BrN3O2S/c1-13-7-9-24(10-8-13)17(26)11-25-12-23-20-19(21(25)27)18(14(2)28-20)15-3-5-16(22)6-4-15/h3-6,12-13H,7-11H2,1-2H3. The zero-order valence-corrected chi connectivity index (χ0v) is 18.3. The number of likely N-dealkylation sites (tertiary alicyclic amines) is 1. The lowest BCUT2D eigenvalue weighted by Gasteiger charge is -2.30. The summed E-state index contributed by atoms with van der Waals surface area (Å²) >= 11 is 4.97. The van der Waals surface area contributed by atoms with Gasteiger partial charge in [-0.15, -0.1) is 11.3 Å². The highest BCUT2D eigenvalue weighted by atomic mass is 79.9. The summed E-state index contributed by atoms with van der Waals surface area (Å²) < 4.78 is 2.45. The van der Waals surface area contributed by atoms with Gasteiger partial charge in [-0.25, -0.2) is 4.98 Å². The van der Waals surface area contributed by atoms with Crippen molar-refractivity contribution >= 4 is 43.4 Å². The van der Waals surface area contributed by atoms with Gasteiger partial charge in [0.25, 0.3) is 5.56 Å². The van der Waals surface area contributed by atoms with Crippen LogP contribution in [0.5, 0.6) is 0 Å². The Morgan fingerprint density at radius 2 is 1.93 bits per heavy atom. The van der Waals surface area contributed by atoms with Crippen LogP contribution in [-0.2, 0) is 11.3 Å². The molecule has 1 aliphatic rings. The van der Waals surface area contributed by atoms with Crippen molar-refractivity contribution in [3.05, 3.63) is 50.3 Å². The van der Waals surface area contributed by atoms with Crippen molar-refractivity contribution in [1.29, 1.82) is 0 Å². The zero-order chi connectivity index (χ0) is 19.8. The Morgan fingerprint density at radius 1 is 1.25 bits per heavy atom. The fourth-order valence-corrected chi connectivity index (χ4v) is 4.99. The van der Waals surface area contributed by atoms with E-state index < -0.39 is 0 Å². The summed E-state index contributed by atoms with van der Waals surface area (Å²) in [4.78, 5) is 34.0. The number of hydrogen-bond acceptors (Lipinski definition) is 4. The van der Waals surface area contributed by atoms with Gasteiger partial charge in [0.05, 0.1) is 11.7 Å². The van der Waals surface area contributed by atoms with Crippen molar-refractivity contribution in [3.8, 4) is 11.1 Å². The second-order valence-electron chi connectivity index (χ2n) is 7.46. The maximum Gasteiger partial charge on any atom is 0.263 e. The van der Waals surface area contributed by atoms with Crippen molar-refractivity contribution in [1.82, 2.24) is 14.5 Å². The quantitative estimate of drug-likeness (QED) is 0.580. The Kier molecular flexibility index (Phi) is 5.38. The fourth-order valence-electron chi connectivity index (χ4n) is 3.72. The molecule has 0 saturated carbocycles. The zero-order valence-electron chi connectivity index (χ0n) is 15.9. The molecule has 0 N–H and O–H groups in total. The van der Waals surface area contributed by atoms with Gasteiger partial charge in [0.1, 0.15) is 11.4 Å². The van der Waals surface area contributed by atoms with Gasteiger partial charge < -0.3 is 4.90 Å². The number of aromatic nitrogens is 2. The van der Waals surface area contributed by atoms with Gasteiger partial charge in [-0.3, -0.25) is 14.2 Å². The lowest BCUT2D eigenvalue weighted by atomic mass is 9.99. The van der Waals surface area contributed by atoms with Crippen LogP contribution in [0.4, 0.5) is 0 Å². The molecule has 28 heavy (non-hydrogen) atoms. The molecule has 0 aliphatic carbocycles. The number of carbonyl (C=O) groups is 1.